The van der Waals surface area contributed by atoms with Gasteiger partial charge in [-0.1, -0.05) is 55.5 Å². The SMILES string of the molecule is Cc1cc(C)c(S(=O)(=O)N2c3ccccc3NC(=O)C2CC(=O)NC2CCCCCC2)c(C)c1. The minimum absolute atomic E-state index is 0.0700. The summed E-state index contributed by atoms with van der Waals surface area (Å²) in [7, 11) is -4.13. The van der Waals surface area contributed by atoms with Crippen molar-refractivity contribution in [3.8, 4) is 0 Å². The van der Waals surface area contributed by atoms with E-state index in [-0.39, 0.29) is 23.3 Å². The maximum atomic E-state index is 14.1. The predicted molar refractivity (Wildman–Crippen MR) is 133 cm³/mol. The molecule has 2 aromatic carbocycles. The van der Waals surface area contributed by atoms with Gasteiger partial charge in [0.05, 0.1) is 22.7 Å². The second-order valence-corrected chi connectivity index (χ2v) is 11.3. The van der Waals surface area contributed by atoms with Crippen molar-refractivity contribution in [2.75, 3.05) is 9.62 Å². The molecule has 182 valence electrons. The average molecular weight is 484 g/mol. The summed E-state index contributed by atoms with van der Waals surface area (Å²) in [4.78, 5) is 26.4. The highest BCUT2D eigenvalue weighted by Crippen LogP contribution is 2.38. The average Bonchev–Trinajstić information content (AvgIpc) is 3.01. The molecule has 1 fully saturated rings. The number of fused-ring (bicyclic) bond motifs is 1. The van der Waals surface area contributed by atoms with Crippen molar-refractivity contribution >= 4 is 33.2 Å². The summed E-state index contributed by atoms with van der Waals surface area (Å²) in [5.74, 6) is -0.801. The van der Waals surface area contributed by atoms with Gasteiger partial charge in [0, 0.05) is 6.04 Å². The summed E-state index contributed by atoms with van der Waals surface area (Å²) in [6.07, 6.45) is 6.04. The Labute approximate surface area is 202 Å². The van der Waals surface area contributed by atoms with Crippen LogP contribution >= 0.6 is 0 Å². The van der Waals surface area contributed by atoms with E-state index in [1.807, 2.05) is 19.1 Å². The maximum absolute atomic E-state index is 14.1. The van der Waals surface area contributed by atoms with Crippen molar-refractivity contribution in [2.24, 2.45) is 0 Å². The third-order valence-corrected chi connectivity index (χ3v) is 8.83. The van der Waals surface area contributed by atoms with Gasteiger partial charge in [-0.2, -0.15) is 0 Å². The van der Waals surface area contributed by atoms with Gasteiger partial charge in [0.25, 0.3) is 10.0 Å². The van der Waals surface area contributed by atoms with Crippen LogP contribution in [0.25, 0.3) is 0 Å². The van der Waals surface area contributed by atoms with Gasteiger partial charge in [-0.15, -0.1) is 0 Å². The van der Waals surface area contributed by atoms with Gasteiger partial charge >= 0.3 is 0 Å². The van der Waals surface area contributed by atoms with E-state index in [1.165, 1.54) is 0 Å². The van der Waals surface area contributed by atoms with Gasteiger partial charge < -0.3 is 10.6 Å². The van der Waals surface area contributed by atoms with Gasteiger partial charge in [0.15, 0.2) is 0 Å². The number of amides is 2. The lowest BCUT2D eigenvalue weighted by Crippen LogP contribution is -2.53. The van der Waals surface area contributed by atoms with E-state index in [0.29, 0.717) is 22.5 Å². The van der Waals surface area contributed by atoms with Crippen LogP contribution in [0.5, 0.6) is 0 Å². The number of hydrogen-bond acceptors (Lipinski definition) is 4. The quantitative estimate of drug-likeness (QED) is 0.618. The largest absolute Gasteiger partial charge is 0.353 e. The van der Waals surface area contributed by atoms with Crippen LogP contribution in [0.4, 0.5) is 11.4 Å². The molecule has 1 saturated carbocycles. The fraction of sp³-hybridized carbons (Fsp3) is 0.462. The number of hydrogen-bond donors (Lipinski definition) is 2. The van der Waals surface area contributed by atoms with E-state index in [1.54, 1.807) is 38.1 Å². The molecule has 8 heteroatoms. The second kappa shape index (κ2) is 9.78. The van der Waals surface area contributed by atoms with E-state index >= 15 is 0 Å². The molecule has 2 amide bonds. The Morgan fingerprint density at radius 1 is 1.03 bits per heavy atom. The molecule has 0 bridgehead atoms. The lowest BCUT2D eigenvalue weighted by molar-refractivity contribution is -0.125. The molecule has 2 N–H and O–H groups in total. The first-order chi connectivity index (χ1) is 16.2. The molecule has 34 heavy (non-hydrogen) atoms. The number of carbonyl (C=O) groups excluding carboxylic acids is 2. The Bertz CT molecular complexity index is 1180. The first kappa shape index (κ1) is 24.3. The van der Waals surface area contributed by atoms with Crippen LogP contribution < -0.4 is 14.9 Å². The molecular formula is C26H33N3O4S. The summed E-state index contributed by atoms with van der Waals surface area (Å²) in [6, 6.07) is 9.36. The highest BCUT2D eigenvalue weighted by Gasteiger charge is 2.43. The lowest BCUT2D eigenvalue weighted by atomic mass is 10.1. The monoisotopic (exact) mass is 483 g/mol. The number of carbonyl (C=O) groups is 2. The van der Waals surface area contributed by atoms with Crippen molar-refractivity contribution < 1.29 is 18.0 Å². The third-order valence-electron chi connectivity index (χ3n) is 6.71. The Hall–Kier alpha value is -2.87. The molecule has 1 heterocycles. The smallest absolute Gasteiger partial charge is 0.265 e. The molecule has 1 aliphatic heterocycles. The minimum atomic E-state index is -4.13. The van der Waals surface area contributed by atoms with Crippen molar-refractivity contribution in [3.63, 3.8) is 0 Å². The first-order valence-electron chi connectivity index (χ1n) is 12.0. The second-order valence-electron chi connectivity index (χ2n) is 9.51. The number of nitrogens with zero attached hydrogens (tertiary/aromatic N) is 1. The van der Waals surface area contributed by atoms with Gasteiger partial charge in [-0.25, -0.2) is 8.42 Å². The molecule has 0 aromatic heterocycles. The number of anilines is 2. The van der Waals surface area contributed by atoms with Crippen LogP contribution in [0.1, 0.15) is 61.6 Å². The molecule has 2 aromatic rings. The van der Waals surface area contributed by atoms with Gasteiger partial charge in [0.2, 0.25) is 11.8 Å². The van der Waals surface area contributed by atoms with E-state index in [2.05, 4.69) is 10.6 Å². The molecule has 0 radical (unpaired) electrons. The summed E-state index contributed by atoms with van der Waals surface area (Å²) in [5.41, 5.74) is 2.97. The zero-order chi connectivity index (χ0) is 24.5. The highest BCUT2D eigenvalue weighted by molar-refractivity contribution is 7.93. The Morgan fingerprint density at radius 2 is 1.65 bits per heavy atom. The van der Waals surface area contributed by atoms with Crippen molar-refractivity contribution in [2.45, 2.75) is 82.7 Å². The zero-order valence-corrected chi connectivity index (χ0v) is 20.9. The van der Waals surface area contributed by atoms with E-state index in [0.717, 1.165) is 48.4 Å². The van der Waals surface area contributed by atoms with Crippen molar-refractivity contribution in [3.05, 3.63) is 53.1 Å². The lowest BCUT2D eigenvalue weighted by Gasteiger charge is -2.37. The molecule has 1 unspecified atom stereocenters. The molecule has 4 rings (SSSR count). The fourth-order valence-electron chi connectivity index (χ4n) is 5.29. The van der Waals surface area contributed by atoms with E-state index in [4.69, 9.17) is 0 Å². The van der Waals surface area contributed by atoms with Gasteiger partial charge in [-0.3, -0.25) is 13.9 Å². The van der Waals surface area contributed by atoms with Crippen LogP contribution in [-0.2, 0) is 19.6 Å². The molecule has 2 aliphatic rings. The predicted octanol–water partition coefficient (Wildman–Crippen LogP) is 4.36. The van der Waals surface area contributed by atoms with Crippen LogP contribution in [-0.4, -0.2) is 32.3 Å². The standard InChI is InChI=1S/C26H33N3O4S/c1-17-14-18(2)25(19(3)15-17)34(32,33)29-22-13-9-8-12-21(22)28-26(31)23(29)16-24(30)27-20-10-6-4-5-7-11-20/h8-9,12-15,20,23H,4-7,10-11,16H2,1-3H3,(H,27,30)(H,28,31). The van der Waals surface area contributed by atoms with E-state index < -0.39 is 22.0 Å². The molecule has 7 nitrogen and oxygen atoms in total. The van der Waals surface area contributed by atoms with Crippen LogP contribution in [0, 0.1) is 20.8 Å². The fourth-order valence-corrected chi connectivity index (χ4v) is 7.34. The highest BCUT2D eigenvalue weighted by atomic mass is 32.2. The molecular weight excluding hydrogens is 450 g/mol. The molecule has 0 spiro atoms. The number of sulfonamides is 1. The Morgan fingerprint density at radius 3 is 2.29 bits per heavy atom. The summed E-state index contributed by atoms with van der Waals surface area (Å²) >= 11 is 0. The first-order valence-corrected chi connectivity index (χ1v) is 13.4. The van der Waals surface area contributed by atoms with Crippen LogP contribution in [0.3, 0.4) is 0 Å². The summed E-state index contributed by atoms with van der Waals surface area (Å²) in [5, 5.41) is 5.85. The normalized spacial score (nSPS) is 19.2. The van der Waals surface area contributed by atoms with Gasteiger partial charge in [-0.05, 0) is 56.9 Å². The number of aryl methyl sites for hydroxylation is 3. The molecule has 1 atom stereocenters. The van der Waals surface area contributed by atoms with Crippen molar-refractivity contribution in [1.29, 1.82) is 0 Å². The summed E-state index contributed by atoms with van der Waals surface area (Å²) in [6.45, 7) is 5.44. The van der Waals surface area contributed by atoms with Crippen LogP contribution in [0.15, 0.2) is 41.3 Å². The number of benzene rings is 2. The van der Waals surface area contributed by atoms with Crippen molar-refractivity contribution in [1.82, 2.24) is 5.32 Å². The number of para-hydroxylation sites is 2. The number of rotatable bonds is 5. The van der Waals surface area contributed by atoms with E-state index in [9.17, 15) is 18.0 Å². The number of nitrogens with one attached hydrogen (secondary N) is 2. The Kier molecular flexibility index (Phi) is 6.98. The summed E-state index contributed by atoms with van der Waals surface area (Å²) < 4.78 is 29.3. The topological polar surface area (TPSA) is 95.6 Å². The van der Waals surface area contributed by atoms with Crippen LogP contribution in [0.2, 0.25) is 0 Å². The molecule has 0 saturated heterocycles. The Balaban J connectivity index is 1.72. The molecule has 1 aliphatic carbocycles. The zero-order valence-electron chi connectivity index (χ0n) is 20.1. The maximum Gasteiger partial charge on any atom is 0.265 e. The third kappa shape index (κ3) is 4.82. The van der Waals surface area contributed by atoms with Gasteiger partial charge in [0.1, 0.15) is 6.04 Å². The minimum Gasteiger partial charge on any atom is -0.353 e.